The highest BCUT2D eigenvalue weighted by Crippen LogP contribution is 2.39. The van der Waals surface area contributed by atoms with Gasteiger partial charge in [-0.2, -0.15) is 0 Å². The molecule has 5 atom stereocenters. The van der Waals surface area contributed by atoms with Gasteiger partial charge in [-0.05, 0) is 33.2 Å². The monoisotopic (exact) mass is 345 g/mol. The number of aliphatic hydroxyl groups is 1. The van der Waals surface area contributed by atoms with Crippen molar-refractivity contribution in [2.45, 2.75) is 95.7 Å². The van der Waals surface area contributed by atoms with Crippen molar-refractivity contribution in [1.82, 2.24) is 5.32 Å². The maximum Gasteiger partial charge on any atom is 0.190 e. The quantitative estimate of drug-likeness (QED) is 0.560. The molecule has 0 radical (unpaired) electrons. The van der Waals surface area contributed by atoms with Crippen LogP contribution in [0, 0.1) is 0 Å². The van der Waals surface area contributed by atoms with E-state index in [1.54, 1.807) is 7.11 Å². The van der Waals surface area contributed by atoms with Gasteiger partial charge in [-0.1, -0.05) is 32.6 Å². The summed E-state index contributed by atoms with van der Waals surface area (Å²) in [7, 11) is 1.68. The van der Waals surface area contributed by atoms with Gasteiger partial charge in [-0.3, -0.25) is 0 Å². The zero-order chi connectivity index (χ0) is 17.6. The van der Waals surface area contributed by atoms with Crippen LogP contribution < -0.4 is 5.32 Å². The van der Waals surface area contributed by atoms with Crippen molar-refractivity contribution in [3.8, 4) is 0 Å². The van der Waals surface area contributed by atoms with Gasteiger partial charge in [0, 0.05) is 19.8 Å². The second kappa shape index (κ2) is 9.46. The van der Waals surface area contributed by atoms with E-state index in [0.29, 0.717) is 6.42 Å². The third-order valence-electron chi connectivity index (χ3n) is 4.82. The molecule has 0 aromatic heterocycles. The predicted molar refractivity (Wildman–Crippen MR) is 91.7 cm³/mol. The molecule has 0 amide bonds. The molecule has 0 saturated carbocycles. The Morgan fingerprint density at radius 2 is 1.92 bits per heavy atom. The fraction of sp³-hybridized carbons (Fsp3) is 1.00. The molecule has 0 aliphatic carbocycles. The zero-order valence-corrected chi connectivity index (χ0v) is 15.6. The molecule has 2 rings (SSSR count). The first-order valence-electron chi connectivity index (χ1n) is 9.40. The fourth-order valence-corrected chi connectivity index (χ4v) is 3.63. The van der Waals surface area contributed by atoms with Crippen LogP contribution in [-0.4, -0.2) is 61.8 Å². The topological polar surface area (TPSA) is 69.2 Å². The van der Waals surface area contributed by atoms with E-state index in [0.717, 1.165) is 13.0 Å². The Morgan fingerprint density at radius 3 is 2.58 bits per heavy atom. The summed E-state index contributed by atoms with van der Waals surface area (Å²) in [6.45, 7) is 7.03. The molecule has 2 aliphatic rings. The standard InChI is InChI=1S/C18H35NO5/c1-5-6-7-8-9-11-19-13(10-12-20)14-15(21-4)16-17(22-14)24-18(2,3)23-16/h13-17,19-20H,5-12H2,1-4H3/t13?,14?,15-,16?,17?/m1/s1. The molecule has 4 unspecified atom stereocenters. The van der Waals surface area contributed by atoms with Gasteiger partial charge >= 0.3 is 0 Å². The molecule has 0 spiro atoms. The van der Waals surface area contributed by atoms with Gasteiger partial charge in [0.1, 0.15) is 18.3 Å². The second-order valence-corrected chi connectivity index (χ2v) is 7.26. The van der Waals surface area contributed by atoms with E-state index in [-0.39, 0.29) is 31.0 Å². The van der Waals surface area contributed by atoms with Crippen molar-refractivity contribution < 1.29 is 24.1 Å². The summed E-state index contributed by atoms with van der Waals surface area (Å²) in [5.74, 6) is -0.643. The van der Waals surface area contributed by atoms with Gasteiger partial charge in [-0.15, -0.1) is 0 Å². The maximum absolute atomic E-state index is 9.42. The smallest absolute Gasteiger partial charge is 0.190 e. The van der Waals surface area contributed by atoms with Crippen LogP contribution in [0.25, 0.3) is 0 Å². The summed E-state index contributed by atoms with van der Waals surface area (Å²) in [5.41, 5.74) is 0. The molecule has 2 aliphatic heterocycles. The maximum atomic E-state index is 9.42. The van der Waals surface area contributed by atoms with Gasteiger partial charge in [0.25, 0.3) is 0 Å². The van der Waals surface area contributed by atoms with E-state index in [1.165, 1.54) is 25.7 Å². The highest BCUT2D eigenvalue weighted by Gasteiger charge is 2.56. The Morgan fingerprint density at radius 1 is 1.17 bits per heavy atom. The van der Waals surface area contributed by atoms with E-state index in [2.05, 4.69) is 12.2 Å². The summed E-state index contributed by atoms with van der Waals surface area (Å²) < 4.78 is 23.5. The summed E-state index contributed by atoms with van der Waals surface area (Å²) in [4.78, 5) is 0. The normalized spacial score (nSPS) is 32.9. The van der Waals surface area contributed by atoms with E-state index < -0.39 is 12.1 Å². The van der Waals surface area contributed by atoms with Gasteiger partial charge < -0.3 is 29.4 Å². The molecular weight excluding hydrogens is 310 g/mol. The first-order valence-corrected chi connectivity index (χ1v) is 9.40. The second-order valence-electron chi connectivity index (χ2n) is 7.26. The molecular formula is C18H35NO5. The highest BCUT2D eigenvalue weighted by molar-refractivity contribution is 4.98. The highest BCUT2D eigenvalue weighted by atomic mass is 16.8. The molecule has 6 heteroatoms. The molecule has 24 heavy (non-hydrogen) atoms. The average molecular weight is 345 g/mol. The van der Waals surface area contributed by atoms with Gasteiger partial charge in [0.15, 0.2) is 12.1 Å². The Kier molecular flexibility index (Phi) is 7.91. The van der Waals surface area contributed by atoms with Crippen LogP contribution >= 0.6 is 0 Å². The van der Waals surface area contributed by atoms with Crippen LogP contribution in [0.3, 0.4) is 0 Å². The lowest BCUT2D eigenvalue weighted by molar-refractivity contribution is -0.220. The zero-order valence-electron chi connectivity index (χ0n) is 15.6. The van der Waals surface area contributed by atoms with E-state index in [1.807, 2.05) is 13.8 Å². The third-order valence-corrected chi connectivity index (χ3v) is 4.82. The summed E-state index contributed by atoms with van der Waals surface area (Å²) >= 11 is 0. The first kappa shape index (κ1) is 20.1. The van der Waals surface area contributed by atoms with E-state index in [9.17, 15) is 5.11 Å². The Hall–Kier alpha value is -0.240. The number of rotatable bonds is 11. The molecule has 142 valence electrons. The minimum atomic E-state index is -0.643. The SMILES string of the molecule is CCCCCCCNC(CCO)C1OC2OC(C)(C)OC2[C@@H]1OC. The lowest BCUT2D eigenvalue weighted by Gasteiger charge is -2.30. The van der Waals surface area contributed by atoms with Crippen LogP contribution in [0.1, 0.15) is 59.3 Å². The minimum absolute atomic E-state index is 0.0343. The molecule has 0 bridgehead atoms. The van der Waals surface area contributed by atoms with Crippen LogP contribution in [0.15, 0.2) is 0 Å². The minimum Gasteiger partial charge on any atom is -0.396 e. The molecule has 0 aromatic rings. The van der Waals surface area contributed by atoms with Crippen LogP contribution in [0.4, 0.5) is 0 Å². The Bertz CT molecular complexity index is 365. The molecule has 2 saturated heterocycles. The summed E-state index contributed by atoms with van der Waals surface area (Å²) in [6.07, 6.45) is 5.84. The largest absolute Gasteiger partial charge is 0.396 e. The van der Waals surface area contributed by atoms with Crippen molar-refractivity contribution in [3.63, 3.8) is 0 Å². The lowest BCUT2D eigenvalue weighted by atomic mass is 10.0. The Labute approximate surface area is 146 Å². The predicted octanol–water partition coefficient (Wildman–Crippen LogP) is 2.19. The van der Waals surface area contributed by atoms with Crippen molar-refractivity contribution >= 4 is 0 Å². The first-order chi connectivity index (χ1) is 11.5. The number of unbranched alkanes of at least 4 members (excludes halogenated alkanes) is 4. The number of fused-ring (bicyclic) bond motifs is 1. The summed E-state index contributed by atoms with van der Waals surface area (Å²) in [6, 6.07) is 0.0343. The van der Waals surface area contributed by atoms with Gasteiger partial charge in [0.05, 0.1) is 0 Å². The number of ether oxygens (including phenoxy) is 4. The van der Waals surface area contributed by atoms with E-state index >= 15 is 0 Å². The lowest BCUT2D eigenvalue weighted by Crippen LogP contribution is -2.49. The van der Waals surface area contributed by atoms with Gasteiger partial charge in [-0.25, -0.2) is 0 Å². The van der Waals surface area contributed by atoms with Crippen LogP contribution in [0.2, 0.25) is 0 Å². The number of nitrogens with one attached hydrogen (secondary N) is 1. The molecule has 2 heterocycles. The number of hydrogen-bond acceptors (Lipinski definition) is 6. The molecule has 6 nitrogen and oxygen atoms in total. The molecule has 0 aromatic carbocycles. The average Bonchev–Trinajstić information content (AvgIpc) is 3.00. The number of aliphatic hydroxyl groups excluding tert-OH is 1. The van der Waals surface area contributed by atoms with Crippen molar-refractivity contribution in [2.24, 2.45) is 0 Å². The molecule has 2 N–H and O–H groups in total. The Balaban J connectivity index is 1.86. The van der Waals surface area contributed by atoms with Crippen LogP contribution in [0.5, 0.6) is 0 Å². The fourth-order valence-electron chi connectivity index (χ4n) is 3.63. The van der Waals surface area contributed by atoms with Crippen molar-refractivity contribution in [2.75, 3.05) is 20.3 Å². The van der Waals surface area contributed by atoms with Crippen LogP contribution in [-0.2, 0) is 18.9 Å². The van der Waals surface area contributed by atoms with E-state index in [4.69, 9.17) is 18.9 Å². The van der Waals surface area contributed by atoms with Crippen molar-refractivity contribution in [1.29, 1.82) is 0 Å². The number of hydrogen-bond donors (Lipinski definition) is 2. The third kappa shape index (κ3) is 5.13. The van der Waals surface area contributed by atoms with Crippen molar-refractivity contribution in [3.05, 3.63) is 0 Å². The number of methoxy groups -OCH3 is 1. The molecule has 2 fully saturated rings. The van der Waals surface area contributed by atoms with Gasteiger partial charge in [0.2, 0.25) is 0 Å². The summed E-state index contributed by atoms with van der Waals surface area (Å²) in [5, 5.41) is 13.0.